The first-order valence-electron chi connectivity index (χ1n) is 6.73. The first kappa shape index (κ1) is 14.9. The van der Waals surface area contributed by atoms with Crippen LogP contribution in [0.25, 0.3) is 10.8 Å². The van der Waals surface area contributed by atoms with Gasteiger partial charge in [-0.1, -0.05) is 44.4 Å². The summed E-state index contributed by atoms with van der Waals surface area (Å²) < 4.78 is 1.49. The summed E-state index contributed by atoms with van der Waals surface area (Å²) in [6.07, 6.45) is 6.28. The molecule has 0 fully saturated rings. The number of benzene rings is 2. The molecule has 0 radical (unpaired) electrons. The standard InChI is InChI=1S/C16H18Br2O/c1-2-3-4-5-6-11-7-8-13-12(9-11)10-14(17)16(19)15(13)18/h7-10,19H,2-6H2,1H3. The van der Waals surface area contributed by atoms with E-state index in [0.29, 0.717) is 0 Å². The largest absolute Gasteiger partial charge is 0.506 e. The van der Waals surface area contributed by atoms with E-state index in [1.165, 1.54) is 31.2 Å². The maximum atomic E-state index is 9.88. The third-order valence-electron chi connectivity index (χ3n) is 3.39. The van der Waals surface area contributed by atoms with Crippen LogP contribution >= 0.6 is 31.9 Å². The Balaban J connectivity index is 2.23. The average molecular weight is 386 g/mol. The fourth-order valence-electron chi connectivity index (χ4n) is 2.28. The van der Waals surface area contributed by atoms with Crippen molar-refractivity contribution in [2.45, 2.75) is 39.0 Å². The first-order chi connectivity index (χ1) is 9.13. The second-order valence-corrected chi connectivity index (χ2v) is 6.53. The minimum Gasteiger partial charge on any atom is -0.506 e. The van der Waals surface area contributed by atoms with Gasteiger partial charge >= 0.3 is 0 Å². The Kier molecular flexibility index (Phi) is 5.28. The van der Waals surface area contributed by atoms with Gasteiger partial charge in [0.15, 0.2) is 0 Å². The Morgan fingerprint density at radius 2 is 1.84 bits per heavy atom. The van der Waals surface area contributed by atoms with E-state index in [-0.39, 0.29) is 5.75 Å². The summed E-state index contributed by atoms with van der Waals surface area (Å²) in [6, 6.07) is 8.44. The highest BCUT2D eigenvalue weighted by Gasteiger charge is 2.09. The minimum atomic E-state index is 0.267. The molecule has 3 heteroatoms. The predicted octanol–water partition coefficient (Wildman–Crippen LogP) is 6.19. The van der Waals surface area contributed by atoms with Gasteiger partial charge in [-0.05, 0) is 67.1 Å². The normalized spacial score (nSPS) is 11.1. The van der Waals surface area contributed by atoms with Crippen LogP contribution in [0.5, 0.6) is 5.75 Å². The minimum absolute atomic E-state index is 0.267. The average Bonchev–Trinajstić information content (AvgIpc) is 2.41. The van der Waals surface area contributed by atoms with Crippen LogP contribution in [0.2, 0.25) is 0 Å². The number of hydrogen-bond acceptors (Lipinski definition) is 1. The van der Waals surface area contributed by atoms with Gasteiger partial charge in [0, 0.05) is 0 Å². The molecular weight excluding hydrogens is 368 g/mol. The lowest BCUT2D eigenvalue weighted by molar-refractivity contribution is 0.469. The van der Waals surface area contributed by atoms with Gasteiger partial charge in [0.05, 0.1) is 8.95 Å². The molecule has 0 unspecified atom stereocenters. The van der Waals surface area contributed by atoms with Crippen molar-refractivity contribution in [1.82, 2.24) is 0 Å². The Morgan fingerprint density at radius 1 is 1.05 bits per heavy atom. The van der Waals surface area contributed by atoms with Crippen LogP contribution in [-0.4, -0.2) is 5.11 Å². The molecule has 2 aromatic carbocycles. The van der Waals surface area contributed by atoms with E-state index >= 15 is 0 Å². The summed E-state index contributed by atoms with van der Waals surface area (Å²) in [7, 11) is 0. The fraction of sp³-hybridized carbons (Fsp3) is 0.375. The number of halogens is 2. The summed E-state index contributed by atoms with van der Waals surface area (Å²) in [4.78, 5) is 0. The van der Waals surface area contributed by atoms with Crippen LogP contribution in [0.3, 0.4) is 0 Å². The summed E-state index contributed by atoms with van der Waals surface area (Å²) in [6.45, 7) is 2.23. The maximum Gasteiger partial charge on any atom is 0.144 e. The molecule has 0 aliphatic carbocycles. The van der Waals surface area contributed by atoms with Crippen LogP contribution in [0.4, 0.5) is 0 Å². The second-order valence-electron chi connectivity index (χ2n) is 4.89. The molecule has 0 spiro atoms. The Bertz CT molecular complexity index is 578. The third kappa shape index (κ3) is 3.51. The zero-order valence-corrected chi connectivity index (χ0v) is 14.2. The lowest BCUT2D eigenvalue weighted by Gasteiger charge is -2.08. The predicted molar refractivity (Wildman–Crippen MR) is 88.9 cm³/mol. The van der Waals surface area contributed by atoms with E-state index in [1.807, 2.05) is 6.07 Å². The van der Waals surface area contributed by atoms with Gasteiger partial charge in [-0.3, -0.25) is 0 Å². The van der Waals surface area contributed by atoms with E-state index in [4.69, 9.17) is 0 Å². The lowest BCUT2D eigenvalue weighted by atomic mass is 10.0. The van der Waals surface area contributed by atoms with Gasteiger partial charge in [0.25, 0.3) is 0 Å². The zero-order valence-electron chi connectivity index (χ0n) is 11.0. The van der Waals surface area contributed by atoms with Gasteiger partial charge in [0.1, 0.15) is 5.75 Å². The number of phenolic OH excluding ortho intramolecular Hbond substituents is 1. The monoisotopic (exact) mass is 384 g/mol. The van der Waals surface area contributed by atoms with Crippen LogP contribution in [0, 0.1) is 0 Å². The Hall–Kier alpha value is -0.540. The van der Waals surface area contributed by atoms with Gasteiger partial charge in [-0.2, -0.15) is 0 Å². The van der Waals surface area contributed by atoms with Crippen molar-refractivity contribution in [3.05, 3.63) is 38.8 Å². The van der Waals surface area contributed by atoms with Crippen molar-refractivity contribution in [3.63, 3.8) is 0 Å². The highest BCUT2D eigenvalue weighted by Crippen LogP contribution is 2.38. The fourth-order valence-corrected chi connectivity index (χ4v) is 3.57. The van der Waals surface area contributed by atoms with E-state index in [0.717, 1.165) is 26.1 Å². The highest BCUT2D eigenvalue weighted by molar-refractivity contribution is 9.11. The number of aromatic hydroxyl groups is 1. The van der Waals surface area contributed by atoms with Gasteiger partial charge < -0.3 is 5.11 Å². The van der Waals surface area contributed by atoms with Gasteiger partial charge in [-0.25, -0.2) is 0 Å². The molecule has 0 aliphatic rings. The molecule has 0 aliphatic heterocycles. The van der Waals surface area contributed by atoms with Gasteiger partial charge in [-0.15, -0.1) is 0 Å². The number of aryl methyl sites for hydroxylation is 1. The second kappa shape index (κ2) is 6.76. The van der Waals surface area contributed by atoms with Crippen molar-refractivity contribution in [2.75, 3.05) is 0 Å². The van der Waals surface area contributed by atoms with Crippen molar-refractivity contribution in [1.29, 1.82) is 0 Å². The number of rotatable bonds is 5. The van der Waals surface area contributed by atoms with Crippen molar-refractivity contribution in [3.8, 4) is 5.75 Å². The SMILES string of the molecule is CCCCCCc1ccc2c(Br)c(O)c(Br)cc2c1. The van der Waals surface area contributed by atoms with E-state index in [2.05, 4.69) is 57.0 Å². The quantitative estimate of drug-likeness (QED) is 0.608. The third-order valence-corrected chi connectivity index (χ3v) is 4.80. The molecule has 0 atom stereocenters. The van der Waals surface area contributed by atoms with Crippen molar-refractivity contribution < 1.29 is 5.11 Å². The first-order valence-corrected chi connectivity index (χ1v) is 8.31. The molecule has 1 nitrogen and oxygen atoms in total. The number of unbranched alkanes of at least 4 members (excludes halogenated alkanes) is 3. The van der Waals surface area contributed by atoms with Crippen LogP contribution in [-0.2, 0) is 6.42 Å². The summed E-state index contributed by atoms with van der Waals surface area (Å²) in [5.41, 5.74) is 1.37. The Labute approximate surface area is 131 Å². The lowest BCUT2D eigenvalue weighted by Crippen LogP contribution is -1.87. The van der Waals surface area contributed by atoms with Crippen molar-refractivity contribution in [2.24, 2.45) is 0 Å². The molecular formula is C16H18Br2O. The smallest absolute Gasteiger partial charge is 0.144 e. The molecule has 0 heterocycles. The van der Waals surface area contributed by atoms with Crippen molar-refractivity contribution >= 4 is 42.6 Å². The van der Waals surface area contributed by atoms with Gasteiger partial charge in [0.2, 0.25) is 0 Å². The molecule has 1 N–H and O–H groups in total. The van der Waals surface area contributed by atoms with Crippen LogP contribution in [0.1, 0.15) is 38.2 Å². The molecule has 0 aromatic heterocycles. The number of fused-ring (bicyclic) bond motifs is 1. The van der Waals surface area contributed by atoms with E-state index < -0.39 is 0 Å². The summed E-state index contributed by atoms with van der Waals surface area (Å²) in [5.74, 6) is 0.267. The molecule has 19 heavy (non-hydrogen) atoms. The molecule has 102 valence electrons. The molecule has 0 bridgehead atoms. The molecule has 2 rings (SSSR count). The summed E-state index contributed by atoms with van der Waals surface area (Å²) in [5, 5.41) is 12.1. The maximum absolute atomic E-state index is 9.88. The van der Waals surface area contributed by atoms with E-state index in [1.54, 1.807) is 0 Å². The highest BCUT2D eigenvalue weighted by atomic mass is 79.9. The zero-order chi connectivity index (χ0) is 13.8. The van der Waals surface area contributed by atoms with Crippen LogP contribution in [0.15, 0.2) is 33.2 Å². The number of hydrogen-bond donors (Lipinski definition) is 1. The van der Waals surface area contributed by atoms with E-state index in [9.17, 15) is 5.11 Å². The Morgan fingerprint density at radius 3 is 2.58 bits per heavy atom. The topological polar surface area (TPSA) is 20.2 Å². The number of phenols is 1. The molecule has 2 aromatic rings. The molecule has 0 amide bonds. The summed E-state index contributed by atoms with van der Waals surface area (Å²) >= 11 is 6.83. The molecule has 0 saturated heterocycles. The molecule has 0 saturated carbocycles. The van der Waals surface area contributed by atoms with Crippen LogP contribution < -0.4 is 0 Å².